The van der Waals surface area contributed by atoms with Crippen molar-refractivity contribution in [2.24, 2.45) is 5.92 Å². The average molecular weight is 266 g/mol. The lowest BCUT2D eigenvalue weighted by Gasteiger charge is -2.17. The summed E-state index contributed by atoms with van der Waals surface area (Å²) in [7, 11) is 0. The van der Waals surface area contributed by atoms with Crippen molar-refractivity contribution in [1.29, 1.82) is 0 Å². The van der Waals surface area contributed by atoms with Crippen LogP contribution in [-0.2, 0) is 9.59 Å². The molecule has 1 aliphatic heterocycles. The van der Waals surface area contributed by atoms with Gasteiger partial charge in [0.1, 0.15) is 0 Å². The average Bonchev–Trinajstić information content (AvgIpc) is 2.71. The van der Waals surface area contributed by atoms with Crippen LogP contribution in [0.15, 0.2) is 24.3 Å². The quantitative estimate of drug-likeness (QED) is 0.788. The summed E-state index contributed by atoms with van der Waals surface area (Å²) < 4.78 is 0. The van der Waals surface area contributed by atoms with E-state index in [9.17, 15) is 9.59 Å². The molecule has 0 spiro atoms. The Bertz CT molecular complexity index is 467. The molecule has 1 saturated heterocycles. The standard InChI is InChI=1S/C14H16ClNO2/c1-9(2)10-3-5-12(6-4-10)16-8-11(14(15)18)7-13(16)17/h3-6,9,11H,7-8H2,1-2H3. The zero-order valence-electron chi connectivity index (χ0n) is 10.5. The van der Waals surface area contributed by atoms with Crippen molar-refractivity contribution in [2.75, 3.05) is 11.4 Å². The van der Waals surface area contributed by atoms with Gasteiger partial charge in [0.2, 0.25) is 11.1 Å². The summed E-state index contributed by atoms with van der Waals surface area (Å²) in [4.78, 5) is 24.6. The highest BCUT2D eigenvalue weighted by Crippen LogP contribution is 2.27. The molecule has 1 amide bonds. The molecule has 1 atom stereocenters. The molecule has 0 saturated carbocycles. The number of benzene rings is 1. The molecule has 1 heterocycles. The zero-order chi connectivity index (χ0) is 13.3. The van der Waals surface area contributed by atoms with Crippen LogP contribution < -0.4 is 4.90 Å². The fourth-order valence-electron chi connectivity index (χ4n) is 2.15. The van der Waals surface area contributed by atoms with E-state index in [1.54, 1.807) is 4.90 Å². The Morgan fingerprint density at radius 2 is 1.94 bits per heavy atom. The maximum absolute atomic E-state index is 11.8. The SMILES string of the molecule is CC(C)c1ccc(N2CC(C(=O)Cl)CC2=O)cc1. The van der Waals surface area contributed by atoms with Crippen LogP contribution in [0.25, 0.3) is 0 Å². The van der Waals surface area contributed by atoms with Gasteiger partial charge in [-0.3, -0.25) is 9.59 Å². The van der Waals surface area contributed by atoms with Crippen molar-refractivity contribution in [3.05, 3.63) is 29.8 Å². The number of amides is 1. The van der Waals surface area contributed by atoms with Gasteiger partial charge in [0.25, 0.3) is 0 Å². The van der Waals surface area contributed by atoms with Gasteiger partial charge in [-0.1, -0.05) is 26.0 Å². The number of carbonyl (C=O) groups is 2. The molecule has 0 radical (unpaired) electrons. The summed E-state index contributed by atoms with van der Waals surface area (Å²) in [6, 6.07) is 7.88. The summed E-state index contributed by atoms with van der Waals surface area (Å²) in [5.41, 5.74) is 2.07. The molecule has 1 aromatic rings. The molecule has 0 N–H and O–H groups in total. The van der Waals surface area contributed by atoms with Crippen LogP contribution in [0.3, 0.4) is 0 Å². The van der Waals surface area contributed by atoms with Crippen molar-refractivity contribution in [3.8, 4) is 0 Å². The second-order valence-corrected chi connectivity index (χ2v) is 5.33. The molecule has 3 nitrogen and oxygen atoms in total. The Hall–Kier alpha value is -1.35. The minimum absolute atomic E-state index is 0.0358. The monoisotopic (exact) mass is 265 g/mol. The number of halogens is 1. The smallest absolute Gasteiger partial charge is 0.227 e. The van der Waals surface area contributed by atoms with Gasteiger partial charge in [0, 0.05) is 18.7 Å². The summed E-state index contributed by atoms with van der Waals surface area (Å²) in [6.07, 6.45) is 0.217. The van der Waals surface area contributed by atoms with Gasteiger partial charge in [-0.05, 0) is 35.2 Å². The van der Waals surface area contributed by atoms with E-state index in [-0.39, 0.29) is 18.2 Å². The molecule has 1 unspecified atom stereocenters. The van der Waals surface area contributed by atoms with Crippen LogP contribution in [0.2, 0.25) is 0 Å². The van der Waals surface area contributed by atoms with E-state index < -0.39 is 5.24 Å². The second kappa shape index (κ2) is 5.11. The number of anilines is 1. The predicted molar refractivity (Wildman–Crippen MR) is 71.9 cm³/mol. The largest absolute Gasteiger partial charge is 0.312 e. The Morgan fingerprint density at radius 1 is 1.33 bits per heavy atom. The lowest BCUT2D eigenvalue weighted by Crippen LogP contribution is -2.25. The molecule has 0 aliphatic carbocycles. The highest BCUT2D eigenvalue weighted by Gasteiger charge is 2.34. The third kappa shape index (κ3) is 2.56. The summed E-state index contributed by atoms with van der Waals surface area (Å²) in [5, 5.41) is -0.426. The van der Waals surface area contributed by atoms with E-state index in [1.165, 1.54) is 5.56 Å². The molecular weight excluding hydrogens is 250 g/mol. The van der Waals surface area contributed by atoms with Gasteiger partial charge in [0.15, 0.2) is 0 Å². The van der Waals surface area contributed by atoms with E-state index in [1.807, 2.05) is 24.3 Å². The van der Waals surface area contributed by atoms with E-state index in [2.05, 4.69) is 13.8 Å². The van der Waals surface area contributed by atoms with E-state index in [0.717, 1.165) is 5.69 Å². The molecule has 0 aromatic heterocycles. The van der Waals surface area contributed by atoms with E-state index in [4.69, 9.17) is 11.6 Å². The van der Waals surface area contributed by atoms with E-state index in [0.29, 0.717) is 12.5 Å². The van der Waals surface area contributed by atoms with E-state index >= 15 is 0 Å². The van der Waals surface area contributed by atoms with Crippen LogP contribution in [0, 0.1) is 5.92 Å². The van der Waals surface area contributed by atoms with Gasteiger partial charge >= 0.3 is 0 Å². The molecule has 1 fully saturated rings. The Labute approximate surface area is 112 Å². The predicted octanol–water partition coefficient (Wildman–Crippen LogP) is 2.93. The molecule has 0 bridgehead atoms. The van der Waals surface area contributed by atoms with Crippen LogP contribution in [0.5, 0.6) is 0 Å². The molecule has 1 aromatic carbocycles. The van der Waals surface area contributed by atoms with Gasteiger partial charge in [0.05, 0.1) is 5.92 Å². The topological polar surface area (TPSA) is 37.4 Å². The fraction of sp³-hybridized carbons (Fsp3) is 0.429. The summed E-state index contributed by atoms with van der Waals surface area (Å²) in [5.74, 6) is 0.0562. The van der Waals surface area contributed by atoms with Gasteiger partial charge < -0.3 is 4.90 Å². The molecule has 18 heavy (non-hydrogen) atoms. The Kier molecular flexibility index (Phi) is 3.71. The third-order valence-corrected chi connectivity index (χ3v) is 3.63. The van der Waals surface area contributed by atoms with Gasteiger partial charge in [-0.15, -0.1) is 0 Å². The van der Waals surface area contributed by atoms with Crippen molar-refractivity contribution in [2.45, 2.75) is 26.2 Å². The minimum Gasteiger partial charge on any atom is -0.312 e. The molecule has 4 heteroatoms. The van der Waals surface area contributed by atoms with Gasteiger partial charge in [-0.2, -0.15) is 0 Å². The van der Waals surface area contributed by atoms with Crippen molar-refractivity contribution in [1.82, 2.24) is 0 Å². The number of hydrogen-bond acceptors (Lipinski definition) is 2. The number of hydrogen-bond donors (Lipinski definition) is 0. The number of rotatable bonds is 3. The first-order valence-corrected chi connectivity index (χ1v) is 6.46. The molecule has 2 rings (SSSR count). The summed E-state index contributed by atoms with van der Waals surface area (Å²) in [6.45, 7) is 4.64. The van der Waals surface area contributed by atoms with Crippen LogP contribution in [0.4, 0.5) is 5.69 Å². The molecule has 96 valence electrons. The second-order valence-electron chi connectivity index (χ2n) is 4.96. The third-order valence-electron chi connectivity index (χ3n) is 3.32. The number of carbonyl (C=O) groups excluding carboxylic acids is 2. The molecular formula is C14H16ClNO2. The first-order valence-electron chi connectivity index (χ1n) is 6.08. The first-order chi connectivity index (χ1) is 8.49. The summed E-state index contributed by atoms with van der Waals surface area (Å²) >= 11 is 5.45. The zero-order valence-corrected chi connectivity index (χ0v) is 11.3. The van der Waals surface area contributed by atoms with Crippen LogP contribution in [0.1, 0.15) is 31.7 Å². The van der Waals surface area contributed by atoms with Crippen LogP contribution >= 0.6 is 11.6 Å². The van der Waals surface area contributed by atoms with Crippen LogP contribution in [-0.4, -0.2) is 17.7 Å². The maximum Gasteiger partial charge on any atom is 0.227 e. The van der Waals surface area contributed by atoms with Gasteiger partial charge in [-0.25, -0.2) is 0 Å². The van der Waals surface area contributed by atoms with Crippen molar-refractivity contribution >= 4 is 28.4 Å². The minimum atomic E-state index is -0.426. The first kappa shape index (κ1) is 13.1. The Morgan fingerprint density at radius 3 is 2.39 bits per heavy atom. The molecule has 1 aliphatic rings. The number of nitrogens with zero attached hydrogens (tertiary/aromatic N) is 1. The fourth-order valence-corrected chi connectivity index (χ4v) is 2.29. The van der Waals surface area contributed by atoms with Crippen molar-refractivity contribution in [3.63, 3.8) is 0 Å². The lowest BCUT2D eigenvalue weighted by atomic mass is 10.0. The van der Waals surface area contributed by atoms with Crippen molar-refractivity contribution < 1.29 is 9.59 Å². The Balaban J connectivity index is 2.17. The normalized spacial score (nSPS) is 19.7. The highest BCUT2D eigenvalue weighted by molar-refractivity contribution is 6.64. The highest BCUT2D eigenvalue weighted by atomic mass is 35.5. The lowest BCUT2D eigenvalue weighted by molar-refractivity contribution is -0.120. The maximum atomic E-state index is 11.8.